The number of hydrogen-bond donors (Lipinski definition) is 1. The molecule has 1 saturated heterocycles. The van der Waals surface area contributed by atoms with Crippen LogP contribution in [0.25, 0.3) is 0 Å². The summed E-state index contributed by atoms with van der Waals surface area (Å²) in [6.45, 7) is 6.50. The zero-order valence-corrected chi connectivity index (χ0v) is 13.5. The first kappa shape index (κ1) is 16.1. The highest BCUT2D eigenvalue weighted by molar-refractivity contribution is 7.92. The molecule has 1 aromatic carbocycles. The molecule has 6 heteroatoms. The van der Waals surface area contributed by atoms with Gasteiger partial charge < -0.3 is 9.64 Å². The monoisotopic (exact) mass is 312 g/mol. The molecule has 1 heterocycles. The quantitative estimate of drug-likeness (QED) is 0.876. The molecule has 1 atom stereocenters. The number of anilines is 2. The molecule has 21 heavy (non-hydrogen) atoms. The van der Waals surface area contributed by atoms with E-state index in [0.29, 0.717) is 12.1 Å². The van der Waals surface area contributed by atoms with E-state index in [4.69, 9.17) is 4.74 Å². The normalized spacial score (nSPS) is 19.5. The van der Waals surface area contributed by atoms with Gasteiger partial charge in [-0.05, 0) is 37.6 Å². The number of unbranched alkanes of at least 4 members (excludes halogenated alkanes) is 1. The predicted octanol–water partition coefficient (Wildman–Crippen LogP) is 2.45. The summed E-state index contributed by atoms with van der Waals surface area (Å²) in [6.07, 6.45) is 1.78. The summed E-state index contributed by atoms with van der Waals surface area (Å²) in [7, 11) is -3.23. The van der Waals surface area contributed by atoms with Crippen LogP contribution < -0.4 is 9.62 Å². The Balaban J connectivity index is 1.98. The lowest BCUT2D eigenvalue weighted by Crippen LogP contribution is -2.41. The van der Waals surface area contributed by atoms with Crippen molar-refractivity contribution in [3.63, 3.8) is 0 Å². The van der Waals surface area contributed by atoms with Gasteiger partial charge in [0.15, 0.2) is 0 Å². The van der Waals surface area contributed by atoms with Crippen LogP contribution >= 0.6 is 0 Å². The Labute approximate surface area is 127 Å². The van der Waals surface area contributed by atoms with E-state index in [2.05, 4.69) is 16.5 Å². The van der Waals surface area contributed by atoms with Crippen LogP contribution in [0.15, 0.2) is 24.3 Å². The van der Waals surface area contributed by atoms with E-state index in [1.165, 1.54) is 0 Å². The zero-order valence-electron chi connectivity index (χ0n) is 12.7. The summed E-state index contributed by atoms with van der Waals surface area (Å²) in [5, 5.41) is 0. The van der Waals surface area contributed by atoms with Crippen LogP contribution in [-0.2, 0) is 14.8 Å². The van der Waals surface area contributed by atoms with E-state index in [1.54, 1.807) is 0 Å². The van der Waals surface area contributed by atoms with E-state index >= 15 is 0 Å². The summed E-state index contributed by atoms with van der Waals surface area (Å²) >= 11 is 0. The zero-order chi connectivity index (χ0) is 15.3. The number of nitrogens with one attached hydrogen (secondary N) is 1. The lowest BCUT2D eigenvalue weighted by atomic mass is 10.2. The maximum atomic E-state index is 11.9. The standard InChI is InChI=1S/C15H24N2O3S/c1-3-4-11-21(18,19)16-14-5-7-15(8-6-14)17-9-10-20-13(2)12-17/h5-8,13,16H,3-4,9-12H2,1-2H3. The lowest BCUT2D eigenvalue weighted by molar-refractivity contribution is 0.0532. The lowest BCUT2D eigenvalue weighted by Gasteiger charge is -2.33. The van der Waals surface area contributed by atoms with Crippen molar-refractivity contribution in [2.45, 2.75) is 32.8 Å². The average Bonchev–Trinajstić information content (AvgIpc) is 2.46. The summed E-state index contributed by atoms with van der Waals surface area (Å²) in [4.78, 5) is 2.25. The second-order valence-corrected chi connectivity index (χ2v) is 7.29. The van der Waals surface area contributed by atoms with Gasteiger partial charge in [-0.1, -0.05) is 13.3 Å². The fourth-order valence-electron chi connectivity index (χ4n) is 2.36. The molecule has 118 valence electrons. The minimum absolute atomic E-state index is 0.173. The Hall–Kier alpha value is -1.27. The molecule has 1 fully saturated rings. The summed E-state index contributed by atoms with van der Waals surface area (Å²) < 4.78 is 31.8. The van der Waals surface area contributed by atoms with Crippen LogP contribution in [-0.4, -0.2) is 40.0 Å². The molecule has 1 N–H and O–H groups in total. The van der Waals surface area contributed by atoms with Crippen LogP contribution in [0.2, 0.25) is 0 Å². The van der Waals surface area contributed by atoms with Crippen molar-refractivity contribution >= 4 is 21.4 Å². The van der Waals surface area contributed by atoms with Gasteiger partial charge in [-0.15, -0.1) is 0 Å². The molecular weight excluding hydrogens is 288 g/mol. The van der Waals surface area contributed by atoms with Crippen molar-refractivity contribution in [1.29, 1.82) is 0 Å². The van der Waals surface area contributed by atoms with E-state index in [-0.39, 0.29) is 11.9 Å². The Kier molecular flexibility index (Phi) is 5.47. The molecule has 0 radical (unpaired) electrons. The van der Waals surface area contributed by atoms with E-state index in [9.17, 15) is 8.42 Å². The first-order chi connectivity index (χ1) is 10.00. The van der Waals surface area contributed by atoms with Crippen molar-refractivity contribution in [3.05, 3.63) is 24.3 Å². The smallest absolute Gasteiger partial charge is 0.232 e. The van der Waals surface area contributed by atoms with Crippen molar-refractivity contribution in [3.8, 4) is 0 Å². The number of benzene rings is 1. The van der Waals surface area contributed by atoms with Gasteiger partial charge in [0.1, 0.15) is 0 Å². The number of morpholine rings is 1. The first-order valence-electron chi connectivity index (χ1n) is 7.47. The molecule has 1 aromatic rings. The number of hydrogen-bond acceptors (Lipinski definition) is 4. The van der Waals surface area contributed by atoms with Gasteiger partial charge in [0, 0.05) is 24.5 Å². The highest BCUT2D eigenvalue weighted by Gasteiger charge is 2.17. The van der Waals surface area contributed by atoms with Gasteiger partial charge in [-0.2, -0.15) is 0 Å². The van der Waals surface area contributed by atoms with E-state index in [0.717, 1.165) is 31.8 Å². The second kappa shape index (κ2) is 7.13. The van der Waals surface area contributed by atoms with Gasteiger partial charge in [0.25, 0.3) is 0 Å². The molecule has 0 bridgehead atoms. The molecule has 2 rings (SSSR count). The molecule has 0 aromatic heterocycles. The maximum Gasteiger partial charge on any atom is 0.232 e. The molecule has 5 nitrogen and oxygen atoms in total. The number of sulfonamides is 1. The van der Waals surface area contributed by atoms with Gasteiger partial charge in [0.05, 0.1) is 18.5 Å². The Morgan fingerprint density at radius 1 is 1.33 bits per heavy atom. The van der Waals surface area contributed by atoms with Crippen LogP contribution in [0, 0.1) is 0 Å². The van der Waals surface area contributed by atoms with Crippen molar-refractivity contribution in [1.82, 2.24) is 0 Å². The fourth-order valence-corrected chi connectivity index (χ4v) is 3.62. The fraction of sp³-hybridized carbons (Fsp3) is 0.600. The third-order valence-corrected chi connectivity index (χ3v) is 4.89. The summed E-state index contributed by atoms with van der Waals surface area (Å²) in [5.74, 6) is 0.173. The minimum Gasteiger partial charge on any atom is -0.375 e. The third kappa shape index (κ3) is 4.89. The largest absolute Gasteiger partial charge is 0.375 e. The molecule has 0 saturated carbocycles. The molecule has 1 aliphatic heterocycles. The Bertz CT molecular complexity index is 543. The molecule has 1 aliphatic rings. The average molecular weight is 312 g/mol. The topological polar surface area (TPSA) is 58.6 Å². The van der Waals surface area contributed by atoms with Gasteiger partial charge >= 0.3 is 0 Å². The van der Waals surface area contributed by atoms with E-state index < -0.39 is 10.0 Å². The van der Waals surface area contributed by atoms with Gasteiger partial charge in [0.2, 0.25) is 10.0 Å². The SMILES string of the molecule is CCCCS(=O)(=O)Nc1ccc(N2CCOC(C)C2)cc1. The van der Waals surface area contributed by atoms with Crippen molar-refractivity contribution in [2.75, 3.05) is 35.1 Å². The third-order valence-electron chi connectivity index (χ3n) is 3.51. The van der Waals surface area contributed by atoms with Crippen molar-refractivity contribution in [2.24, 2.45) is 0 Å². The minimum atomic E-state index is -3.23. The Morgan fingerprint density at radius 3 is 2.67 bits per heavy atom. The highest BCUT2D eigenvalue weighted by atomic mass is 32.2. The first-order valence-corrected chi connectivity index (χ1v) is 9.12. The molecular formula is C15H24N2O3S. The van der Waals surface area contributed by atoms with Crippen LogP contribution in [0.4, 0.5) is 11.4 Å². The molecule has 1 unspecified atom stereocenters. The van der Waals surface area contributed by atoms with Crippen molar-refractivity contribution < 1.29 is 13.2 Å². The maximum absolute atomic E-state index is 11.9. The summed E-state index contributed by atoms with van der Waals surface area (Å²) in [5.41, 5.74) is 1.72. The second-order valence-electron chi connectivity index (χ2n) is 5.45. The number of ether oxygens (including phenoxy) is 1. The molecule has 0 spiro atoms. The van der Waals surface area contributed by atoms with Gasteiger partial charge in [-0.3, -0.25) is 4.72 Å². The number of nitrogens with zero attached hydrogens (tertiary/aromatic N) is 1. The predicted molar refractivity (Wildman–Crippen MR) is 86.4 cm³/mol. The van der Waals surface area contributed by atoms with Crippen LogP contribution in [0.3, 0.4) is 0 Å². The van der Waals surface area contributed by atoms with Crippen LogP contribution in [0.5, 0.6) is 0 Å². The Morgan fingerprint density at radius 2 is 2.05 bits per heavy atom. The summed E-state index contributed by atoms with van der Waals surface area (Å²) in [6, 6.07) is 7.54. The van der Waals surface area contributed by atoms with Gasteiger partial charge in [-0.25, -0.2) is 8.42 Å². The highest BCUT2D eigenvalue weighted by Crippen LogP contribution is 2.21. The van der Waals surface area contributed by atoms with E-state index in [1.807, 2.05) is 31.2 Å². The van der Waals surface area contributed by atoms with Crippen LogP contribution in [0.1, 0.15) is 26.7 Å². The molecule has 0 amide bonds. The number of rotatable bonds is 6. The molecule has 0 aliphatic carbocycles.